The Morgan fingerprint density at radius 3 is 2.48 bits per heavy atom. The maximum atomic E-state index is 9.66. The predicted molar refractivity (Wildman–Crippen MR) is 89.9 cm³/mol. The molecule has 0 aliphatic heterocycles. The fourth-order valence-electron chi connectivity index (χ4n) is 2.80. The average molecular weight is 290 g/mol. The molecular formula is C18H30N2O. The van der Waals surface area contributed by atoms with Gasteiger partial charge in [0.15, 0.2) is 0 Å². The maximum absolute atomic E-state index is 9.66. The van der Waals surface area contributed by atoms with Crippen LogP contribution in [0.4, 0.5) is 5.69 Å². The molecule has 1 saturated carbocycles. The Morgan fingerprint density at radius 1 is 1.29 bits per heavy atom. The molecular weight excluding hydrogens is 260 g/mol. The molecule has 3 nitrogen and oxygen atoms in total. The third kappa shape index (κ3) is 5.01. The Labute approximate surface area is 129 Å². The van der Waals surface area contributed by atoms with Gasteiger partial charge in [-0.15, -0.1) is 0 Å². The molecule has 0 amide bonds. The second-order valence-electron chi connectivity index (χ2n) is 6.66. The Kier molecular flexibility index (Phi) is 5.65. The van der Waals surface area contributed by atoms with Crippen molar-refractivity contribution in [2.45, 2.75) is 58.0 Å². The highest BCUT2D eigenvalue weighted by molar-refractivity contribution is 5.47. The highest BCUT2D eigenvalue weighted by Crippen LogP contribution is 2.25. The van der Waals surface area contributed by atoms with Crippen LogP contribution in [0.1, 0.15) is 45.1 Å². The first kappa shape index (κ1) is 16.3. The molecule has 1 fully saturated rings. The van der Waals surface area contributed by atoms with Gasteiger partial charge in [-0.2, -0.15) is 0 Å². The van der Waals surface area contributed by atoms with Gasteiger partial charge in [0.05, 0.1) is 6.61 Å². The van der Waals surface area contributed by atoms with Crippen molar-refractivity contribution in [1.82, 2.24) is 5.32 Å². The largest absolute Gasteiger partial charge is 0.394 e. The number of aryl methyl sites for hydroxylation is 1. The van der Waals surface area contributed by atoms with Gasteiger partial charge in [-0.25, -0.2) is 0 Å². The summed E-state index contributed by atoms with van der Waals surface area (Å²) in [5.41, 5.74) is 2.48. The molecule has 0 aromatic heterocycles. The highest BCUT2D eigenvalue weighted by atomic mass is 16.3. The molecule has 2 rings (SSSR count). The molecule has 1 unspecified atom stereocenters. The lowest BCUT2D eigenvalue weighted by Gasteiger charge is -2.31. The molecule has 0 saturated heterocycles. The first-order chi connectivity index (χ1) is 10.1. The summed E-state index contributed by atoms with van der Waals surface area (Å²) in [5.74, 6) is 0. The van der Waals surface area contributed by atoms with Crippen LogP contribution in [-0.4, -0.2) is 36.4 Å². The Hall–Kier alpha value is -1.06. The summed E-state index contributed by atoms with van der Waals surface area (Å²) >= 11 is 0. The fraction of sp³-hybridized carbons (Fsp3) is 0.667. The number of benzene rings is 1. The monoisotopic (exact) mass is 290 g/mol. The van der Waals surface area contributed by atoms with E-state index in [9.17, 15) is 5.11 Å². The van der Waals surface area contributed by atoms with Crippen molar-refractivity contribution in [3.63, 3.8) is 0 Å². The summed E-state index contributed by atoms with van der Waals surface area (Å²) in [4.78, 5) is 2.41. The van der Waals surface area contributed by atoms with Crippen molar-refractivity contribution in [2.24, 2.45) is 0 Å². The van der Waals surface area contributed by atoms with E-state index in [1.807, 2.05) is 0 Å². The van der Waals surface area contributed by atoms with E-state index in [-0.39, 0.29) is 12.1 Å². The smallest absolute Gasteiger partial charge is 0.0610 e. The number of aliphatic hydroxyl groups excluding tert-OH is 1. The summed E-state index contributed by atoms with van der Waals surface area (Å²) in [5, 5.41) is 13.2. The third-order valence-corrected chi connectivity index (χ3v) is 4.42. The molecule has 1 aliphatic carbocycles. The van der Waals surface area contributed by atoms with E-state index in [0.717, 1.165) is 25.9 Å². The van der Waals surface area contributed by atoms with E-state index >= 15 is 0 Å². The average Bonchev–Trinajstić information content (AvgIpc) is 3.29. The lowest BCUT2D eigenvalue weighted by atomic mass is 9.96. The van der Waals surface area contributed by atoms with Crippen molar-refractivity contribution < 1.29 is 5.11 Å². The molecule has 0 radical (unpaired) electrons. The van der Waals surface area contributed by atoms with Gasteiger partial charge in [-0.05, 0) is 58.6 Å². The van der Waals surface area contributed by atoms with Crippen LogP contribution in [0.25, 0.3) is 0 Å². The van der Waals surface area contributed by atoms with E-state index in [1.165, 1.54) is 24.1 Å². The zero-order chi connectivity index (χ0) is 15.3. The number of hydrogen-bond acceptors (Lipinski definition) is 3. The van der Waals surface area contributed by atoms with Crippen molar-refractivity contribution in [2.75, 3.05) is 24.6 Å². The van der Waals surface area contributed by atoms with Crippen LogP contribution in [-0.2, 0) is 0 Å². The highest BCUT2D eigenvalue weighted by Gasteiger charge is 2.31. The van der Waals surface area contributed by atoms with Gasteiger partial charge in [-0.3, -0.25) is 0 Å². The zero-order valence-corrected chi connectivity index (χ0v) is 13.7. The summed E-state index contributed by atoms with van der Waals surface area (Å²) in [6.45, 7) is 8.76. The first-order valence-corrected chi connectivity index (χ1v) is 8.26. The van der Waals surface area contributed by atoms with Gasteiger partial charge in [0.25, 0.3) is 0 Å². The molecule has 1 aliphatic rings. The number of nitrogens with one attached hydrogen (secondary N) is 1. The van der Waals surface area contributed by atoms with Gasteiger partial charge in [0.1, 0.15) is 0 Å². The number of aliphatic hydroxyl groups is 1. The number of hydrogen-bond donors (Lipinski definition) is 2. The molecule has 3 heteroatoms. The minimum atomic E-state index is -0.117. The van der Waals surface area contributed by atoms with Crippen LogP contribution in [0.2, 0.25) is 0 Å². The van der Waals surface area contributed by atoms with Gasteiger partial charge >= 0.3 is 0 Å². The van der Waals surface area contributed by atoms with Crippen molar-refractivity contribution in [1.29, 1.82) is 0 Å². The second-order valence-corrected chi connectivity index (χ2v) is 6.66. The molecule has 0 spiro atoms. The van der Waals surface area contributed by atoms with Crippen LogP contribution in [0.5, 0.6) is 0 Å². The molecule has 1 aromatic rings. The van der Waals surface area contributed by atoms with Gasteiger partial charge < -0.3 is 15.3 Å². The van der Waals surface area contributed by atoms with E-state index in [4.69, 9.17) is 0 Å². The molecule has 0 heterocycles. The molecule has 0 bridgehead atoms. The number of nitrogens with zero attached hydrogens (tertiary/aromatic N) is 1. The Bertz CT molecular complexity index is 427. The van der Waals surface area contributed by atoms with E-state index in [1.54, 1.807) is 0 Å². The first-order valence-electron chi connectivity index (χ1n) is 8.26. The molecule has 1 aromatic carbocycles. The summed E-state index contributed by atoms with van der Waals surface area (Å²) in [7, 11) is 0. The zero-order valence-electron chi connectivity index (χ0n) is 13.7. The fourth-order valence-corrected chi connectivity index (χ4v) is 2.80. The predicted octanol–water partition coefficient (Wildman–Crippen LogP) is 3.10. The van der Waals surface area contributed by atoms with Crippen LogP contribution >= 0.6 is 0 Å². The van der Waals surface area contributed by atoms with Crippen LogP contribution in [0.15, 0.2) is 24.3 Å². The van der Waals surface area contributed by atoms with Crippen molar-refractivity contribution >= 4 is 5.69 Å². The summed E-state index contributed by atoms with van der Waals surface area (Å²) in [6.07, 6.45) is 4.64. The lowest BCUT2D eigenvalue weighted by Crippen LogP contribution is -2.47. The maximum Gasteiger partial charge on any atom is 0.0610 e. The molecule has 1 atom stereocenters. The van der Waals surface area contributed by atoms with Crippen molar-refractivity contribution in [3.8, 4) is 0 Å². The van der Waals surface area contributed by atoms with E-state index in [0.29, 0.717) is 6.04 Å². The normalized spacial score (nSPS) is 17.5. The minimum absolute atomic E-state index is 0.117. The third-order valence-electron chi connectivity index (χ3n) is 4.42. The molecule has 2 N–H and O–H groups in total. The lowest BCUT2D eigenvalue weighted by molar-refractivity contribution is 0.162. The van der Waals surface area contributed by atoms with Gasteiger partial charge in [-0.1, -0.05) is 17.7 Å². The van der Waals surface area contributed by atoms with Gasteiger partial charge in [0.2, 0.25) is 0 Å². The number of rotatable bonds is 9. The second kappa shape index (κ2) is 7.28. The van der Waals surface area contributed by atoms with Crippen LogP contribution < -0.4 is 10.2 Å². The number of anilines is 1. The molecule has 118 valence electrons. The Morgan fingerprint density at radius 2 is 1.95 bits per heavy atom. The van der Waals surface area contributed by atoms with E-state index in [2.05, 4.69) is 55.3 Å². The Balaban J connectivity index is 1.83. The van der Waals surface area contributed by atoms with Gasteiger partial charge in [0, 0.05) is 30.4 Å². The summed E-state index contributed by atoms with van der Waals surface area (Å²) < 4.78 is 0. The summed E-state index contributed by atoms with van der Waals surface area (Å²) in [6, 6.07) is 9.38. The SMILES string of the molecule is CCN(CCCC(C)(CO)NC1CC1)c1ccc(C)cc1. The minimum Gasteiger partial charge on any atom is -0.394 e. The standard InChI is InChI=1S/C18H30N2O/c1-4-20(17-10-6-15(2)7-11-17)13-5-12-18(3,14-21)19-16-8-9-16/h6-7,10-11,16,19,21H,4-5,8-9,12-14H2,1-3H3. The van der Waals surface area contributed by atoms with Crippen LogP contribution in [0.3, 0.4) is 0 Å². The van der Waals surface area contributed by atoms with Crippen LogP contribution in [0, 0.1) is 6.92 Å². The molecule has 21 heavy (non-hydrogen) atoms. The topological polar surface area (TPSA) is 35.5 Å². The van der Waals surface area contributed by atoms with E-state index < -0.39 is 0 Å². The van der Waals surface area contributed by atoms with Crippen molar-refractivity contribution in [3.05, 3.63) is 29.8 Å². The quantitative estimate of drug-likeness (QED) is 0.733.